The second-order valence-corrected chi connectivity index (χ2v) is 4.43. The molecule has 0 spiro atoms. The zero-order valence-corrected chi connectivity index (χ0v) is 11.1. The quantitative estimate of drug-likeness (QED) is 0.785. The predicted molar refractivity (Wildman–Crippen MR) is 74.4 cm³/mol. The number of hydrogen-bond acceptors (Lipinski definition) is 4. The molecule has 1 N–H and O–H groups in total. The minimum absolute atomic E-state index is 0.904. The Morgan fingerprint density at radius 3 is 2.89 bits per heavy atom. The van der Waals surface area contributed by atoms with Gasteiger partial charge in [-0.15, -0.1) is 0 Å². The summed E-state index contributed by atoms with van der Waals surface area (Å²) in [7, 11) is 2.13. The lowest BCUT2D eigenvalue weighted by Gasteiger charge is -2.17. The molecule has 2 aromatic rings. The van der Waals surface area contributed by atoms with E-state index in [4.69, 9.17) is 0 Å². The molecule has 4 nitrogen and oxygen atoms in total. The molecule has 0 bridgehead atoms. The van der Waals surface area contributed by atoms with Gasteiger partial charge in [-0.05, 0) is 25.2 Å². The molecule has 96 valence electrons. The van der Waals surface area contributed by atoms with Crippen LogP contribution in [0.3, 0.4) is 0 Å². The molecule has 2 rings (SSSR count). The van der Waals surface area contributed by atoms with Gasteiger partial charge in [-0.3, -0.25) is 9.97 Å². The van der Waals surface area contributed by atoms with Crippen molar-refractivity contribution < 1.29 is 0 Å². The Labute approximate surface area is 108 Å². The highest BCUT2D eigenvalue weighted by molar-refractivity contribution is 5.77. The number of benzene rings is 1. The van der Waals surface area contributed by atoms with E-state index < -0.39 is 0 Å². The maximum Gasteiger partial charge on any atom is 0.0931 e. The van der Waals surface area contributed by atoms with Gasteiger partial charge in [-0.1, -0.05) is 19.1 Å². The maximum absolute atomic E-state index is 4.43. The van der Waals surface area contributed by atoms with Gasteiger partial charge in [0.05, 0.1) is 11.0 Å². The van der Waals surface area contributed by atoms with E-state index in [1.165, 1.54) is 5.56 Å². The van der Waals surface area contributed by atoms with Gasteiger partial charge >= 0.3 is 0 Å². The summed E-state index contributed by atoms with van der Waals surface area (Å²) in [4.78, 5) is 11.1. The summed E-state index contributed by atoms with van der Waals surface area (Å²) in [5, 5.41) is 3.33. The molecule has 0 aliphatic rings. The first-order valence-corrected chi connectivity index (χ1v) is 6.39. The van der Waals surface area contributed by atoms with E-state index in [1.807, 2.05) is 12.1 Å². The van der Waals surface area contributed by atoms with Gasteiger partial charge in [0.2, 0.25) is 0 Å². The van der Waals surface area contributed by atoms with Gasteiger partial charge in [0.1, 0.15) is 0 Å². The third-order valence-corrected chi connectivity index (χ3v) is 2.94. The van der Waals surface area contributed by atoms with E-state index in [0.29, 0.717) is 0 Å². The monoisotopic (exact) mass is 244 g/mol. The number of nitrogens with zero attached hydrogens (tertiary/aromatic N) is 3. The Morgan fingerprint density at radius 2 is 2.06 bits per heavy atom. The first-order valence-electron chi connectivity index (χ1n) is 6.39. The molecule has 1 aromatic heterocycles. The Morgan fingerprint density at radius 1 is 1.22 bits per heavy atom. The number of fused-ring (bicyclic) bond motifs is 1. The van der Waals surface area contributed by atoms with Crippen LogP contribution in [-0.4, -0.2) is 41.5 Å². The smallest absolute Gasteiger partial charge is 0.0931 e. The van der Waals surface area contributed by atoms with Gasteiger partial charge in [0.15, 0.2) is 0 Å². The lowest BCUT2D eigenvalue weighted by Crippen LogP contribution is -2.28. The zero-order valence-electron chi connectivity index (χ0n) is 11.1. The summed E-state index contributed by atoms with van der Waals surface area (Å²) >= 11 is 0. The summed E-state index contributed by atoms with van der Waals surface area (Å²) in [6.45, 7) is 6.10. The molecule has 0 aliphatic heterocycles. The number of likely N-dealkylation sites (N-methyl/N-ethyl adjacent to an activating group) is 2. The SMILES string of the molecule is CCNCCN(C)Cc1cccc2nccnc12. The lowest BCUT2D eigenvalue weighted by atomic mass is 10.1. The molecular formula is C14H20N4. The van der Waals surface area contributed by atoms with E-state index in [-0.39, 0.29) is 0 Å². The summed E-state index contributed by atoms with van der Waals surface area (Å²) in [5.41, 5.74) is 3.21. The van der Waals surface area contributed by atoms with Gasteiger partial charge in [0, 0.05) is 32.0 Å². The first-order chi connectivity index (χ1) is 8.81. The van der Waals surface area contributed by atoms with Crippen molar-refractivity contribution in [3.63, 3.8) is 0 Å². The molecule has 0 aliphatic carbocycles. The molecule has 0 fully saturated rings. The van der Waals surface area contributed by atoms with Crippen molar-refractivity contribution in [3.8, 4) is 0 Å². The highest BCUT2D eigenvalue weighted by atomic mass is 15.1. The van der Waals surface area contributed by atoms with Crippen LogP contribution in [0.25, 0.3) is 11.0 Å². The molecular weight excluding hydrogens is 224 g/mol. The topological polar surface area (TPSA) is 41.0 Å². The van der Waals surface area contributed by atoms with E-state index in [9.17, 15) is 0 Å². The lowest BCUT2D eigenvalue weighted by molar-refractivity contribution is 0.326. The Kier molecular flexibility index (Phi) is 4.61. The van der Waals surface area contributed by atoms with Crippen LogP contribution in [0.4, 0.5) is 0 Å². The van der Waals surface area contributed by atoms with Crippen molar-refractivity contribution >= 4 is 11.0 Å². The molecule has 0 atom stereocenters. The average Bonchev–Trinajstić information content (AvgIpc) is 2.39. The minimum Gasteiger partial charge on any atom is -0.316 e. The van der Waals surface area contributed by atoms with Crippen molar-refractivity contribution in [2.45, 2.75) is 13.5 Å². The minimum atomic E-state index is 0.904. The van der Waals surface area contributed by atoms with Gasteiger partial charge in [-0.2, -0.15) is 0 Å². The van der Waals surface area contributed by atoms with Crippen LogP contribution in [-0.2, 0) is 6.54 Å². The number of aromatic nitrogens is 2. The van der Waals surface area contributed by atoms with E-state index in [0.717, 1.165) is 37.2 Å². The third-order valence-electron chi connectivity index (χ3n) is 2.94. The van der Waals surface area contributed by atoms with Crippen LogP contribution < -0.4 is 5.32 Å². The van der Waals surface area contributed by atoms with Gasteiger partial charge < -0.3 is 10.2 Å². The number of rotatable bonds is 6. The zero-order chi connectivity index (χ0) is 12.8. The molecule has 1 heterocycles. The summed E-state index contributed by atoms with van der Waals surface area (Å²) in [6.07, 6.45) is 3.49. The van der Waals surface area contributed by atoms with Crippen molar-refractivity contribution in [2.24, 2.45) is 0 Å². The van der Waals surface area contributed by atoms with Crippen molar-refractivity contribution in [1.29, 1.82) is 0 Å². The van der Waals surface area contributed by atoms with Crippen LogP contribution in [0.1, 0.15) is 12.5 Å². The summed E-state index contributed by atoms with van der Waals surface area (Å²) in [6, 6.07) is 6.18. The Bertz CT molecular complexity index is 493. The fourth-order valence-electron chi connectivity index (χ4n) is 2.00. The first kappa shape index (κ1) is 12.9. The van der Waals surface area contributed by atoms with Gasteiger partial charge in [-0.25, -0.2) is 0 Å². The van der Waals surface area contributed by atoms with E-state index >= 15 is 0 Å². The van der Waals surface area contributed by atoms with E-state index in [2.05, 4.69) is 40.2 Å². The number of hydrogen-bond donors (Lipinski definition) is 1. The van der Waals surface area contributed by atoms with Gasteiger partial charge in [0.25, 0.3) is 0 Å². The highest BCUT2D eigenvalue weighted by Gasteiger charge is 2.05. The van der Waals surface area contributed by atoms with Crippen LogP contribution in [0, 0.1) is 0 Å². The third kappa shape index (κ3) is 3.24. The second-order valence-electron chi connectivity index (χ2n) is 4.43. The van der Waals surface area contributed by atoms with Crippen molar-refractivity contribution in [2.75, 3.05) is 26.7 Å². The van der Waals surface area contributed by atoms with E-state index in [1.54, 1.807) is 12.4 Å². The maximum atomic E-state index is 4.43. The van der Waals surface area contributed by atoms with Crippen LogP contribution in [0.15, 0.2) is 30.6 Å². The largest absolute Gasteiger partial charge is 0.316 e. The molecule has 0 saturated heterocycles. The molecule has 0 radical (unpaired) electrons. The van der Waals surface area contributed by atoms with Crippen molar-refractivity contribution in [3.05, 3.63) is 36.2 Å². The van der Waals surface area contributed by atoms with Crippen LogP contribution in [0.2, 0.25) is 0 Å². The number of nitrogens with one attached hydrogen (secondary N) is 1. The standard InChI is InChI=1S/C14H20N4/c1-3-15-9-10-18(2)11-12-5-4-6-13-14(12)17-8-7-16-13/h4-8,15H,3,9-11H2,1-2H3. The Hall–Kier alpha value is -1.52. The average molecular weight is 244 g/mol. The summed E-state index contributed by atoms with van der Waals surface area (Å²) < 4.78 is 0. The predicted octanol–water partition coefficient (Wildman–Crippen LogP) is 1.67. The molecule has 0 unspecified atom stereocenters. The summed E-state index contributed by atoms with van der Waals surface area (Å²) in [5.74, 6) is 0. The second kappa shape index (κ2) is 6.42. The molecule has 0 saturated carbocycles. The normalized spacial score (nSPS) is 11.3. The molecule has 0 amide bonds. The Balaban J connectivity index is 2.07. The molecule has 18 heavy (non-hydrogen) atoms. The number of para-hydroxylation sites is 1. The van der Waals surface area contributed by atoms with Crippen LogP contribution in [0.5, 0.6) is 0 Å². The molecule has 4 heteroatoms. The fourth-order valence-corrected chi connectivity index (χ4v) is 2.00. The highest BCUT2D eigenvalue weighted by Crippen LogP contribution is 2.14. The molecule has 1 aromatic carbocycles. The van der Waals surface area contributed by atoms with Crippen LogP contribution >= 0.6 is 0 Å². The fraction of sp³-hybridized carbons (Fsp3) is 0.429. The van der Waals surface area contributed by atoms with Crippen molar-refractivity contribution in [1.82, 2.24) is 20.2 Å².